The lowest BCUT2D eigenvalue weighted by Gasteiger charge is -2.39. The Balaban J connectivity index is 0.826. The molecule has 0 spiro atoms. The normalized spacial score (nSPS) is 21.4. The Bertz CT molecular complexity index is 3660. The van der Waals surface area contributed by atoms with Crippen molar-refractivity contribution in [2.75, 3.05) is 13.1 Å². The van der Waals surface area contributed by atoms with E-state index in [0.29, 0.717) is 41.7 Å². The van der Waals surface area contributed by atoms with Gasteiger partial charge in [-0.15, -0.1) is 0 Å². The number of primary amides is 1. The van der Waals surface area contributed by atoms with Crippen molar-refractivity contribution in [2.24, 2.45) is 24.6 Å². The van der Waals surface area contributed by atoms with Crippen molar-refractivity contribution >= 4 is 82.3 Å². The molecule has 1 unspecified atom stereocenters. The first kappa shape index (κ1) is 59.6. The largest absolute Gasteiger partial charge is 0.396 e. The first-order valence-corrected chi connectivity index (χ1v) is 30.5. The van der Waals surface area contributed by atoms with Crippen LogP contribution in [0.5, 0.6) is 0 Å². The Morgan fingerprint density at radius 1 is 0.765 bits per heavy atom. The second kappa shape index (κ2) is 25.4. The molecule has 10 rings (SSSR count). The first-order valence-electron chi connectivity index (χ1n) is 28.9. The summed E-state index contributed by atoms with van der Waals surface area (Å²) in [7, 11) is -3.46. The van der Waals surface area contributed by atoms with E-state index in [1.807, 2.05) is 78.9 Å². The zero-order valence-electron chi connectivity index (χ0n) is 46.9. The van der Waals surface area contributed by atoms with Gasteiger partial charge in [-0.05, 0) is 123 Å². The van der Waals surface area contributed by atoms with Crippen LogP contribution < -0.4 is 32.7 Å². The molecule has 6 aromatic rings. The number of carbonyl (C=O) groups is 9. The van der Waals surface area contributed by atoms with Crippen molar-refractivity contribution in [3.8, 4) is 0 Å². The van der Waals surface area contributed by atoms with Crippen molar-refractivity contribution in [2.45, 2.75) is 126 Å². The number of rotatable bonds is 19. The third kappa shape index (κ3) is 13.4. The minimum absolute atomic E-state index is 0.0611. The molecule has 24 heteroatoms. The highest BCUT2D eigenvalue weighted by molar-refractivity contribution is 7.70. The molecule has 4 fully saturated rings. The number of imidazole rings is 1. The van der Waals surface area contributed by atoms with Gasteiger partial charge in [-0.25, -0.2) is 4.79 Å². The van der Waals surface area contributed by atoms with Gasteiger partial charge in [0.05, 0.1) is 17.1 Å². The summed E-state index contributed by atoms with van der Waals surface area (Å²) >= 11 is 0. The maximum atomic E-state index is 15.2. The number of imide groups is 1. The molecule has 0 bridgehead atoms. The van der Waals surface area contributed by atoms with Crippen LogP contribution in [-0.2, 0) is 51.6 Å². The Morgan fingerprint density at radius 2 is 1.46 bits per heavy atom. The van der Waals surface area contributed by atoms with Gasteiger partial charge in [-0.1, -0.05) is 79.6 Å². The third-order valence-electron chi connectivity index (χ3n) is 17.3. The predicted molar refractivity (Wildman–Crippen MR) is 311 cm³/mol. The van der Waals surface area contributed by atoms with Crippen molar-refractivity contribution in [1.82, 2.24) is 45.2 Å². The first-order chi connectivity index (χ1) is 40.7. The minimum atomic E-state index is -5.13. The number of hydrogen-bond acceptors (Lipinski definition) is 11. The third-order valence-corrected chi connectivity index (χ3v) is 18.1. The average molecular weight is 1180 g/mol. The number of aryl methyl sites for hydroxylation is 1. The molecule has 5 heterocycles. The van der Waals surface area contributed by atoms with Gasteiger partial charge in [-0.2, -0.15) is 0 Å². The van der Waals surface area contributed by atoms with Crippen molar-refractivity contribution in [1.29, 1.82) is 0 Å². The number of benzene rings is 4. The molecule has 4 aromatic carbocycles. The number of hydrogen-bond donors (Lipinski definition) is 8. The lowest BCUT2D eigenvalue weighted by atomic mass is 9.77. The monoisotopic (exact) mass is 1180 g/mol. The van der Waals surface area contributed by atoms with E-state index in [0.717, 1.165) is 48.8 Å². The van der Waals surface area contributed by atoms with Crippen LogP contribution in [0.2, 0.25) is 0 Å². The van der Waals surface area contributed by atoms with Gasteiger partial charge in [-0.3, -0.25) is 62.2 Å². The number of nitrogens with zero attached hydrogens (tertiary/aromatic N) is 4. The molecule has 9 N–H and O–H groups in total. The summed E-state index contributed by atoms with van der Waals surface area (Å²) in [6, 6.07) is 23.8. The Labute approximate surface area is 488 Å². The smallest absolute Gasteiger partial charge is 0.370 e. The summed E-state index contributed by atoms with van der Waals surface area (Å²) in [4.78, 5) is 160. The van der Waals surface area contributed by atoms with Crippen molar-refractivity contribution in [3.63, 3.8) is 0 Å². The van der Waals surface area contributed by atoms with Gasteiger partial charge in [0, 0.05) is 61.9 Å². The SMILES string of the molecule is Cn1c(=O)n(C2CCC(=O)NC2=O)c2ccc(CC3CCC(CCC(=O)N4CC[C@H]5CC[C@@H](C(=O)N[C@@H](CCC(N)=O)C(=O)NC(c6ccccc6)c6ccccc6)N5C(=O)[C@@H](NC(=O)c5cc6cc(C(=O)P(=O)(O)O)ccc6[nH]5)C4)CC3)cc21. The molecule has 23 nitrogen and oxygen atoms in total. The summed E-state index contributed by atoms with van der Waals surface area (Å²) in [5.41, 5.74) is 7.76. The van der Waals surface area contributed by atoms with Gasteiger partial charge < -0.3 is 46.3 Å². The highest BCUT2D eigenvalue weighted by Gasteiger charge is 2.46. The van der Waals surface area contributed by atoms with E-state index in [-0.39, 0.29) is 91.7 Å². The molecule has 5 atom stereocenters. The van der Waals surface area contributed by atoms with Gasteiger partial charge in [0.25, 0.3) is 11.4 Å². The van der Waals surface area contributed by atoms with E-state index in [9.17, 15) is 57.5 Å². The minimum Gasteiger partial charge on any atom is -0.370 e. The van der Waals surface area contributed by atoms with Crippen LogP contribution in [0.15, 0.2) is 108 Å². The molecule has 2 aromatic heterocycles. The van der Waals surface area contributed by atoms with Crippen LogP contribution in [0, 0.1) is 11.8 Å². The van der Waals surface area contributed by atoms with Crippen molar-refractivity contribution < 1.29 is 57.5 Å². The molecule has 0 radical (unpaired) electrons. The van der Waals surface area contributed by atoms with Gasteiger partial charge in [0.2, 0.25) is 41.4 Å². The number of nitrogens with one attached hydrogen (secondary N) is 5. The molecular formula is C61H69N10O13P. The van der Waals surface area contributed by atoms with Crippen LogP contribution in [0.1, 0.15) is 133 Å². The number of carbonyl (C=O) groups excluding carboxylic acids is 9. The predicted octanol–water partition coefficient (Wildman–Crippen LogP) is 4.29. The topological polar surface area (TPSA) is 335 Å². The van der Waals surface area contributed by atoms with E-state index >= 15 is 4.79 Å². The molecule has 85 heavy (non-hydrogen) atoms. The fraction of sp³-hybridized carbons (Fsp3) is 0.410. The molecule has 8 amide bonds. The lowest BCUT2D eigenvalue weighted by molar-refractivity contribution is -0.145. The van der Waals surface area contributed by atoms with E-state index in [1.165, 1.54) is 38.3 Å². The van der Waals surface area contributed by atoms with E-state index in [4.69, 9.17) is 5.73 Å². The summed E-state index contributed by atoms with van der Waals surface area (Å²) < 4.78 is 14.8. The van der Waals surface area contributed by atoms with Crippen molar-refractivity contribution in [3.05, 3.63) is 142 Å². The van der Waals surface area contributed by atoms with E-state index in [2.05, 4.69) is 26.3 Å². The number of H-pyrrole nitrogens is 1. The Morgan fingerprint density at radius 3 is 2.13 bits per heavy atom. The molecular weight excluding hydrogens is 1110 g/mol. The Hall–Kier alpha value is -8.53. The van der Waals surface area contributed by atoms with E-state index in [1.54, 1.807) is 11.9 Å². The molecule has 1 aliphatic carbocycles. The van der Waals surface area contributed by atoms with E-state index < -0.39 is 84.8 Å². The maximum absolute atomic E-state index is 15.2. The summed E-state index contributed by atoms with van der Waals surface area (Å²) in [5, 5.41) is 11.3. The van der Waals surface area contributed by atoms with Gasteiger partial charge >= 0.3 is 13.3 Å². The number of piperidine rings is 1. The van der Waals surface area contributed by atoms with Gasteiger partial charge in [0.1, 0.15) is 29.9 Å². The highest BCUT2D eigenvalue weighted by Crippen LogP contribution is 2.40. The molecule has 3 aliphatic heterocycles. The number of aromatic nitrogens is 3. The summed E-state index contributed by atoms with van der Waals surface area (Å²) in [6.45, 7) is -0.0495. The molecule has 446 valence electrons. The summed E-state index contributed by atoms with van der Waals surface area (Å²) in [5.74, 6) is -3.80. The van der Waals surface area contributed by atoms with Crippen LogP contribution in [-0.4, -0.2) is 124 Å². The van der Waals surface area contributed by atoms with Crippen LogP contribution in [0.3, 0.4) is 0 Å². The number of amides is 8. The van der Waals surface area contributed by atoms with Crippen LogP contribution in [0.25, 0.3) is 21.9 Å². The Kier molecular flexibility index (Phi) is 17.8. The number of fused-ring (bicyclic) bond motifs is 3. The van der Waals surface area contributed by atoms with Crippen LogP contribution >= 0.6 is 7.60 Å². The second-order valence-electron chi connectivity index (χ2n) is 22.9. The average Bonchev–Trinajstić information content (AvgIpc) is 2.84. The molecule has 1 saturated carbocycles. The summed E-state index contributed by atoms with van der Waals surface area (Å²) in [6.07, 6.45) is 6.02. The lowest BCUT2D eigenvalue weighted by Crippen LogP contribution is -2.62. The number of nitrogens with two attached hydrogens (primary N) is 1. The number of aromatic amines is 1. The van der Waals surface area contributed by atoms with Crippen LogP contribution in [0.4, 0.5) is 0 Å². The molecule has 3 saturated heterocycles. The zero-order chi connectivity index (χ0) is 60.3. The zero-order valence-corrected chi connectivity index (χ0v) is 47.8. The standard InChI is InChI=1S/C61H69N10O13P/c1-68-50-31-37(16-22-47(50)71(61(68)81)49-24-26-52(73)66-58(49)78)30-36-14-12-35(13-15-36)17-27-53(74)69-29-28-42-19-23-48(57(77)64-44(21-25-51(62)72)55(75)67-54(38-8-4-2-5-9-38)39-10-6-3-7-11-39)70(42)59(79)46(34-69)65-56(76)45-33-41-32-40(18-20-43(41)63-45)60(80)85(82,83)84/h2-11,16,18,20,22,31-33,35-36,42,44,46,48-49,54,63H,12-15,17,19,21,23-30,34H2,1H3,(H2,62,72)(H,64,77)(H,65,76)(H,67,75)(H,66,73,78)(H2,82,83,84)/t35?,36?,42-,44+,46+,48+,49?/m1/s1. The maximum Gasteiger partial charge on any atom is 0.396 e. The second-order valence-corrected chi connectivity index (χ2v) is 24.4. The van der Waals surface area contributed by atoms with Gasteiger partial charge in [0.15, 0.2) is 0 Å². The molecule has 4 aliphatic rings. The fourth-order valence-corrected chi connectivity index (χ4v) is 13.3. The fourth-order valence-electron chi connectivity index (χ4n) is 12.8. The quantitative estimate of drug-likeness (QED) is 0.0415. The highest BCUT2D eigenvalue weighted by atomic mass is 31.2.